The molecule has 9 nitrogen and oxygen atoms in total. The van der Waals surface area contributed by atoms with Gasteiger partial charge in [-0.3, -0.25) is 19.4 Å². The number of hydrogen-bond acceptors (Lipinski definition) is 6. The molecule has 0 spiro atoms. The smallest absolute Gasteiger partial charge is 0.259 e. The Balaban J connectivity index is 1.38. The van der Waals surface area contributed by atoms with Crippen molar-refractivity contribution in [2.24, 2.45) is 7.05 Å². The number of aromatic amines is 1. The second-order valence-electron chi connectivity index (χ2n) is 9.69. The maximum Gasteiger partial charge on any atom is 0.259 e. The molecule has 0 aliphatic heterocycles. The summed E-state index contributed by atoms with van der Waals surface area (Å²) in [4.78, 5) is 22.5. The highest BCUT2D eigenvalue weighted by atomic mass is 35.5. The zero-order valence-electron chi connectivity index (χ0n) is 21.9. The molecule has 0 amide bonds. The van der Waals surface area contributed by atoms with Crippen molar-refractivity contribution in [2.75, 3.05) is 11.9 Å². The fraction of sp³-hybridized carbons (Fsp3) is 0.207. The molecule has 5 heterocycles. The number of halogens is 1. The number of anilines is 1. The van der Waals surface area contributed by atoms with E-state index in [9.17, 15) is 4.79 Å². The molecule has 10 heteroatoms. The first-order valence-electron chi connectivity index (χ1n) is 12.7. The standard InChI is InChI=1S/C29H27ClN8O/c1-17-12-19(9-11-32-24-7-8-25(30)35-27(24)22-14-33-36-18(22)2)26-21(13-17)29(39)37(3)28-23(26)15-34-38(28)16-20-6-4-5-10-31-20/h4-8,10,12-15,32H,9,11,16H2,1-3H3,(H,33,36). The molecule has 1 aromatic carbocycles. The quantitative estimate of drug-likeness (QED) is 0.276. The van der Waals surface area contributed by atoms with Gasteiger partial charge in [0.05, 0.1) is 36.0 Å². The third kappa shape index (κ3) is 4.55. The van der Waals surface area contributed by atoms with Crippen molar-refractivity contribution in [1.29, 1.82) is 0 Å². The third-order valence-corrected chi connectivity index (χ3v) is 7.20. The normalized spacial score (nSPS) is 11.5. The molecule has 0 fully saturated rings. The molecule has 0 unspecified atom stereocenters. The lowest BCUT2D eigenvalue weighted by Gasteiger charge is -2.15. The molecule has 196 valence electrons. The fourth-order valence-corrected chi connectivity index (χ4v) is 5.34. The highest BCUT2D eigenvalue weighted by molar-refractivity contribution is 6.29. The Labute approximate surface area is 229 Å². The molecule has 0 radical (unpaired) electrons. The Bertz CT molecular complexity index is 1890. The van der Waals surface area contributed by atoms with Crippen LogP contribution >= 0.6 is 11.6 Å². The van der Waals surface area contributed by atoms with E-state index in [1.807, 2.05) is 55.1 Å². The summed E-state index contributed by atoms with van der Waals surface area (Å²) in [5.74, 6) is 0. The van der Waals surface area contributed by atoms with E-state index < -0.39 is 0 Å². The highest BCUT2D eigenvalue weighted by Gasteiger charge is 2.18. The largest absolute Gasteiger partial charge is 0.383 e. The molecule has 0 saturated carbocycles. The number of aryl methyl sites for hydroxylation is 3. The van der Waals surface area contributed by atoms with Gasteiger partial charge in [-0.05, 0) is 56.2 Å². The summed E-state index contributed by atoms with van der Waals surface area (Å²) in [6, 6.07) is 13.6. The topological polar surface area (TPSA) is 106 Å². The van der Waals surface area contributed by atoms with Crippen LogP contribution < -0.4 is 10.9 Å². The average molecular weight is 539 g/mol. The molecule has 0 aliphatic rings. The van der Waals surface area contributed by atoms with Crippen molar-refractivity contribution in [2.45, 2.75) is 26.8 Å². The second kappa shape index (κ2) is 9.99. The van der Waals surface area contributed by atoms with E-state index >= 15 is 0 Å². The van der Waals surface area contributed by atoms with Crippen LogP contribution in [0.5, 0.6) is 0 Å². The van der Waals surface area contributed by atoms with E-state index in [0.29, 0.717) is 30.0 Å². The van der Waals surface area contributed by atoms with Gasteiger partial charge in [0.25, 0.3) is 5.56 Å². The first-order chi connectivity index (χ1) is 18.9. The maximum atomic E-state index is 13.5. The number of rotatable bonds is 7. The molecule has 6 aromatic rings. The third-order valence-electron chi connectivity index (χ3n) is 6.99. The lowest BCUT2D eigenvalue weighted by molar-refractivity contribution is 0.670. The van der Waals surface area contributed by atoms with E-state index in [2.05, 4.69) is 36.6 Å². The molecule has 6 rings (SSSR count). The van der Waals surface area contributed by atoms with Gasteiger partial charge in [-0.2, -0.15) is 10.2 Å². The van der Waals surface area contributed by atoms with Crippen molar-refractivity contribution in [3.05, 3.63) is 99.1 Å². The Hall–Kier alpha value is -4.50. The number of nitrogens with zero attached hydrogens (tertiary/aromatic N) is 6. The monoisotopic (exact) mass is 538 g/mol. The minimum Gasteiger partial charge on any atom is -0.383 e. The van der Waals surface area contributed by atoms with Gasteiger partial charge in [-0.25, -0.2) is 9.67 Å². The van der Waals surface area contributed by atoms with Crippen LogP contribution in [0.25, 0.3) is 33.1 Å². The molecular weight excluding hydrogens is 512 g/mol. The van der Waals surface area contributed by atoms with E-state index in [0.717, 1.165) is 55.9 Å². The average Bonchev–Trinajstić information content (AvgIpc) is 3.54. The van der Waals surface area contributed by atoms with Crippen LogP contribution in [0, 0.1) is 13.8 Å². The summed E-state index contributed by atoms with van der Waals surface area (Å²) in [5, 5.41) is 18.3. The summed E-state index contributed by atoms with van der Waals surface area (Å²) in [6.45, 7) is 5.08. The summed E-state index contributed by atoms with van der Waals surface area (Å²) in [7, 11) is 1.80. The van der Waals surface area contributed by atoms with Gasteiger partial charge in [0, 0.05) is 47.2 Å². The predicted octanol–water partition coefficient (Wildman–Crippen LogP) is 5.04. The van der Waals surface area contributed by atoms with Crippen LogP contribution in [0.3, 0.4) is 0 Å². The number of aromatic nitrogens is 7. The number of pyridine rings is 3. The van der Waals surface area contributed by atoms with E-state index in [4.69, 9.17) is 11.6 Å². The first-order valence-corrected chi connectivity index (χ1v) is 13.1. The van der Waals surface area contributed by atoms with Gasteiger partial charge < -0.3 is 5.32 Å². The van der Waals surface area contributed by atoms with Crippen LogP contribution in [0.1, 0.15) is 22.5 Å². The summed E-state index contributed by atoms with van der Waals surface area (Å²) in [5.41, 5.74) is 7.15. The Morgan fingerprint density at radius 3 is 2.72 bits per heavy atom. The summed E-state index contributed by atoms with van der Waals surface area (Å²) in [6.07, 6.45) is 6.06. The number of hydrogen-bond donors (Lipinski definition) is 2. The van der Waals surface area contributed by atoms with Gasteiger partial charge in [0.15, 0.2) is 0 Å². The Morgan fingerprint density at radius 1 is 1.08 bits per heavy atom. The molecule has 2 N–H and O–H groups in total. The molecule has 0 bridgehead atoms. The Morgan fingerprint density at radius 2 is 1.95 bits per heavy atom. The fourth-order valence-electron chi connectivity index (χ4n) is 5.20. The minimum absolute atomic E-state index is 0.0437. The van der Waals surface area contributed by atoms with Crippen LogP contribution in [-0.4, -0.2) is 41.1 Å². The number of nitrogens with one attached hydrogen (secondary N) is 2. The molecule has 0 atom stereocenters. The summed E-state index contributed by atoms with van der Waals surface area (Å²) >= 11 is 6.22. The maximum absolute atomic E-state index is 13.5. The molecule has 5 aromatic heterocycles. The van der Waals surface area contributed by atoms with Crippen molar-refractivity contribution < 1.29 is 0 Å². The van der Waals surface area contributed by atoms with Gasteiger partial charge >= 0.3 is 0 Å². The molecule has 0 aliphatic carbocycles. The van der Waals surface area contributed by atoms with Crippen LogP contribution in [0.15, 0.2) is 65.8 Å². The van der Waals surface area contributed by atoms with E-state index in [1.54, 1.807) is 30.1 Å². The SMILES string of the molecule is Cc1cc(CCNc2ccc(Cl)nc2-c2cn[nH]c2C)c2c(c1)c(=O)n(C)c1c2cnn1Cc1ccccn1. The molecule has 0 saturated heterocycles. The highest BCUT2D eigenvalue weighted by Crippen LogP contribution is 2.31. The lowest BCUT2D eigenvalue weighted by atomic mass is 9.98. The summed E-state index contributed by atoms with van der Waals surface area (Å²) < 4.78 is 3.53. The van der Waals surface area contributed by atoms with Crippen LogP contribution in [0.4, 0.5) is 5.69 Å². The van der Waals surface area contributed by atoms with Crippen molar-refractivity contribution in [3.63, 3.8) is 0 Å². The number of H-pyrrole nitrogens is 1. The molecular formula is C29H27ClN8O. The van der Waals surface area contributed by atoms with Gasteiger partial charge in [-0.15, -0.1) is 0 Å². The van der Waals surface area contributed by atoms with E-state index in [1.165, 1.54) is 0 Å². The second-order valence-corrected chi connectivity index (χ2v) is 10.1. The Kier molecular flexibility index (Phi) is 6.36. The van der Waals surface area contributed by atoms with Gasteiger partial charge in [-0.1, -0.05) is 29.3 Å². The first kappa shape index (κ1) is 24.8. The van der Waals surface area contributed by atoms with Gasteiger partial charge in [0.2, 0.25) is 0 Å². The van der Waals surface area contributed by atoms with Gasteiger partial charge in [0.1, 0.15) is 10.8 Å². The van der Waals surface area contributed by atoms with E-state index in [-0.39, 0.29) is 5.56 Å². The number of fused-ring (bicyclic) bond motifs is 3. The van der Waals surface area contributed by atoms with Crippen molar-refractivity contribution in [3.8, 4) is 11.3 Å². The minimum atomic E-state index is -0.0437. The predicted molar refractivity (Wildman–Crippen MR) is 154 cm³/mol. The zero-order chi connectivity index (χ0) is 27.1. The number of benzene rings is 1. The van der Waals surface area contributed by atoms with Crippen LogP contribution in [-0.2, 0) is 20.0 Å². The zero-order valence-corrected chi connectivity index (χ0v) is 22.6. The van der Waals surface area contributed by atoms with Crippen LogP contribution in [0.2, 0.25) is 5.15 Å². The van der Waals surface area contributed by atoms with Crippen molar-refractivity contribution >= 4 is 39.1 Å². The lowest BCUT2D eigenvalue weighted by Crippen LogP contribution is -2.20. The van der Waals surface area contributed by atoms with Crippen molar-refractivity contribution in [1.82, 2.24) is 34.5 Å². The molecule has 39 heavy (non-hydrogen) atoms.